The molecule has 3 aromatic rings. The van der Waals surface area contributed by atoms with Crippen molar-refractivity contribution in [1.82, 2.24) is 10.3 Å². The molecule has 0 spiro atoms. The van der Waals surface area contributed by atoms with Crippen LogP contribution in [0.5, 0.6) is 0 Å². The summed E-state index contributed by atoms with van der Waals surface area (Å²) in [7, 11) is 0. The Morgan fingerprint density at radius 1 is 1.14 bits per heavy atom. The van der Waals surface area contributed by atoms with Gasteiger partial charge in [-0.1, -0.05) is 18.2 Å². The van der Waals surface area contributed by atoms with Crippen LogP contribution in [0.3, 0.4) is 0 Å². The number of anilines is 1. The summed E-state index contributed by atoms with van der Waals surface area (Å²) < 4.78 is 5.74. The fourth-order valence-corrected chi connectivity index (χ4v) is 2.16. The summed E-state index contributed by atoms with van der Waals surface area (Å²) >= 11 is 0. The highest BCUT2D eigenvalue weighted by atomic mass is 16.3. The zero-order chi connectivity index (χ0) is 15.5. The highest BCUT2D eigenvalue weighted by molar-refractivity contribution is 5.90. The van der Waals surface area contributed by atoms with Crippen molar-refractivity contribution in [2.75, 3.05) is 5.32 Å². The highest BCUT2D eigenvalue weighted by Gasteiger charge is 2.09. The quantitative estimate of drug-likeness (QED) is 0.766. The molecule has 2 aromatic carbocycles. The summed E-state index contributed by atoms with van der Waals surface area (Å²) in [4.78, 5) is 16.2. The first-order valence-corrected chi connectivity index (χ1v) is 7.15. The molecular formula is C17H17N3O2. The van der Waals surface area contributed by atoms with Crippen LogP contribution in [0.2, 0.25) is 0 Å². The summed E-state index contributed by atoms with van der Waals surface area (Å²) in [6.07, 6.45) is 0. The molecule has 5 heteroatoms. The van der Waals surface area contributed by atoms with Crippen LogP contribution in [0.15, 0.2) is 52.9 Å². The van der Waals surface area contributed by atoms with Crippen LogP contribution in [0, 0.1) is 0 Å². The molecule has 5 nitrogen and oxygen atoms in total. The van der Waals surface area contributed by atoms with E-state index in [1.54, 1.807) is 0 Å². The van der Waals surface area contributed by atoms with Crippen molar-refractivity contribution in [3.63, 3.8) is 0 Å². The standard InChI is InChI=1S/C17H17N3O2/c1-11(2)18-17(21)19-13-7-5-6-12(10-13)16-20-14-8-3-4-9-15(14)22-16/h3-11H,1-2H3,(H2,18,19,21). The van der Waals surface area contributed by atoms with E-state index in [-0.39, 0.29) is 12.1 Å². The van der Waals surface area contributed by atoms with Crippen LogP contribution in [-0.2, 0) is 0 Å². The van der Waals surface area contributed by atoms with Gasteiger partial charge in [0.25, 0.3) is 0 Å². The predicted octanol–water partition coefficient (Wildman–Crippen LogP) is 4.02. The maximum absolute atomic E-state index is 11.8. The molecule has 0 atom stereocenters. The van der Waals surface area contributed by atoms with Crippen LogP contribution < -0.4 is 10.6 Å². The van der Waals surface area contributed by atoms with Gasteiger partial charge in [0.1, 0.15) is 5.52 Å². The molecule has 0 radical (unpaired) electrons. The number of urea groups is 1. The number of nitrogens with one attached hydrogen (secondary N) is 2. The van der Waals surface area contributed by atoms with E-state index < -0.39 is 0 Å². The van der Waals surface area contributed by atoms with Crippen LogP contribution in [0.4, 0.5) is 10.5 Å². The van der Waals surface area contributed by atoms with Crippen molar-refractivity contribution in [3.05, 3.63) is 48.5 Å². The van der Waals surface area contributed by atoms with Crippen LogP contribution in [0.25, 0.3) is 22.6 Å². The number of carbonyl (C=O) groups is 1. The molecule has 0 saturated carbocycles. The maximum Gasteiger partial charge on any atom is 0.319 e. The molecule has 0 aliphatic carbocycles. The molecule has 0 aliphatic heterocycles. The number of hydrogen-bond donors (Lipinski definition) is 2. The van der Waals surface area contributed by atoms with Crippen LogP contribution in [-0.4, -0.2) is 17.1 Å². The lowest BCUT2D eigenvalue weighted by molar-refractivity contribution is 0.250. The monoisotopic (exact) mass is 295 g/mol. The molecule has 1 heterocycles. The molecule has 0 aliphatic rings. The second-order valence-electron chi connectivity index (χ2n) is 5.32. The van der Waals surface area contributed by atoms with E-state index in [4.69, 9.17) is 4.42 Å². The minimum absolute atomic E-state index is 0.0835. The molecule has 0 fully saturated rings. The molecule has 0 saturated heterocycles. The molecule has 2 amide bonds. The summed E-state index contributed by atoms with van der Waals surface area (Å²) in [5, 5.41) is 5.58. The van der Waals surface area contributed by atoms with Crippen molar-refractivity contribution in [2.24, 2.45) is 0 Å². The second-order valence-corrected chi connectivity index (χ2v) is 5.32. The third-order valence-corrected chi connectivity index (χ3v) is 3.08. The number of para-hydroxylation sites is 2. The summed E-state index contributed by atoms with van der Waals surface area (Å²) in [5.41, 5.74) is 3.07. The van der Waals surface area contributed by atoms with E-state index in [0.717, 1.165) is 16.7 Å². The van der Waals surface area contributed by atoms with Gasteiger partial charge in [0.15, 0.2) is 5.58 Å². The van der Waals surface area contributed by atoms with Crippen molar-refractivity contribution < 1.29 is 9.21 Å². The number of fused-ring (bicyclic) bond motifs is 1. The largest absolute Gasteiger partial charge is 0.436 e. The zero-order valence-electron chi connectivity index (χ0n) is 12.5. The number of nitrogens with zero attached hydrogens (tertiary/aromatic N) is 1. The van der Waals surface area contributed by atoms with Crippen molar-refractivity contribution in [2.45, 2.75) is 19.9 Å². The minimum Gasteiger partial charge on any atom is -0.436 e. The van der Waals surface area contributed by atoms with Gasteiger partial charge in [-0.3, -0.25) is 0 Å². The van der Waals surface area contributed by atoms with E-state index in [9.17, 15) is 4.79 Å². The lowest BCUT2D eigenvalue weighted by atomic mass is 10.2. The van der Waals surface area contributed by atoms with E-state index in [1.807, 2.05) is 62.4 Å². The highest BCUT2D eigenvalue weighted by Crippen LogP contribution is 2.25. The van der Waals surface area contributed by atoms with Crippen LogP contribution in [0.1, 0.15) is 13.8 Å². The van der Waals surface area contributed by atoms with Crippen LogP contribution >= 0.6 is 0 Å². The normalized spacial score (nSPS) is 10.9. The van der Waals surface area contributed by atoms with Gasteiger partial charge in [-0.2, -0.15) is 0 Å². The summed E-state index contributed by atoms with van der Waals surface area (Å²) in [5.74, 6) is 0.536. The smallest absolute Gasteiger partial charge is 0.319 e. The Morgan fingerprint density at radius 3 is 2.73 bits per heavy atom. The van der Waals surface area contributed by atoms with Gasteiger partial charge in [-0.25, -0.2) is 9.78 Å². The number of benzene rings is 2. The Morgan fingerprint density at radius 2 is 1.95 bits per heavy atom. The molecule has 3 rings (SSSR count). The number of hydrogen-bond acceptors (Lipinski definition) is 3. The molecule has 22 heavy (non-hydrogen) atoms. The van der Waals surface area contributed by atoms with Gasteiger partial charge in [-0.15, -0.1) is 0 Å². The molecular weight excluding hydrogens is 278 g/mol. The Kier molecular flexibility index (Phi) is 3.78. The number of oxazole rings is 1. The third-order valence-electron chi connectivity index (χ3n) is 3.08. The number of amides is 2. The lowest BCUT2D eigenvalue weighted by Gasteiger charge is -2.10. The molecule has 0 bridgehead atoms. The second kappa shape index (κ2) is 5.89. The lowest BCUT2D eigenvalue weighted by Crippen LogP contribution is -2.34. The Balaban J connectivity index is 1.85. The number of rotatable bonds is 3. The average Bonchev–Trinajstić information content (AvgIpc) is 2.90. The maximum atomic E-state index is 11.8. The van der Waals surface area contributed by atoms with E-state index >= 15 is 0 Å². The van der Waals surface area contributed by atoms with Gasteiger partial charge in [0.2, 0.25) is 5.89 Å². The van der Waals surface area contributed by atoms with Gasteiger partial charge in [0.05, 0.1) is 0 Å². The molecule has 0 unspecified atom stereocenters. The van der Waals surface area contributed by atoms with Crippen molar-refractivity contribution in [1.29, 1.82) is 0 Å². The van der Waals surface area contributed by atoms with Gasteiger partial charge >= 0.3 is 6.03 Å². The fraction of sp³-hybridized carbons (Fsp3) is 0.176. The molecule has 112 valence electrons. The topological polar surface area (TPSA) is 67.2 Å². The third kappa shape index (κ3) is 3.09. The number of carbonyl (C=O) groups excluding carboxylic acids is 1. The van der Waals surface area contributed by atoms with Crippen molar-refractivity contribution >= 4 is 22.8 Å². The van der Waals surface area contributed by atoms with E-state index in [1.165, 1.54) is 0 Å². The fourth-order valence-electron chi connectivity index (χ4n) is 2.16. The average molecular weight is 295 g/mol. The zero-order valence-corrected chi connectivity index (χ0v) is 12.5. The van der Waals surface area contributed by atoms with Gasteiger partial charge in [0, 0.05) is 17.3 Å². The van der Waals surface area contributed by atoms with Gasteiger partial charge < -0.3 is 15.1 Å². The first-order valence-electron chi connectivity index (χ1n) is 7.15. The summed E-state index contributed by atoms with van der Waals surface area (Å²) in [6, 6.07) is 14.9. The Labute approximate surface area is 128 Å². The summed E-state index contributed by atoms with van der Waals surface area (Å²) in [6.45, 7) is 3.82. The Bertz CT molecular complexity index is 775. The first kappa shape index (κ1) is 14.1. The first-order chi connectivity index (χ1) is 10.6. The predicted molar refractivity (Wildman–Crippen MR) is 86.7 cm³/mol. The molecule has 1 aromatic heterocycles. The number of aromatic nitrogens is 1. The minimum atomic E-state index is -0.232. The van der Waals surface area contributed by atoms with E-state index in [2.05, 4.69) is 15.6 Å². The SMILES string of the molecule is CC(C)NC(=O)Nc1cccc(-c2nc3ccccc3o2)c1. The van der Waals surface area contributed by atoms with Crippen molar-refractivity contribution in [3.8, 4) is 11.5 Å². The van der Waals surface area contributed by atoms with E-state index in [0.29, 0.717) is 11.6 Å². The molecule has 2 N–H and O–H groups in total. The van der Waals surface area contributed by atoms with Gasteiger partial charge in [-0.05, 0) is 44.2 Å². The Hall–Kier alpha value is -2.82.